The molecule has 0 saturated heterocycles. The van der Waals surface area contributed by atoms with E-state index in [4.69, 9.17) is 5.11 Å². The van der Waals surface area contributed by atoms with Gasteiger partial charge in [-0.1, -0.05) is 0 Å². The molecule has 0 saturated carbocycles. The quantitative estimate of drug-likeness (QED) is 0.789. The van der Waals surface area contributed by atoms with Crippen LogP contribution in [0.25, 0.3) is 0 Å². The van der Waals surface area contributed by atoms with E-state index >= 15 is 0 Å². The molecular weight excluding hydrogens is 194 g/mol. The van der Waals surface area contributed by atoms with Crippen LogP contribution in [0.5, 0.6) is 0 Å². The number of carboxylic acid groups (broad SMARTS) is 1. The van der Waals surface area contributed by atoms with Crippen molar-refractivity contribution in [2.75, 3.05) is 0 Å². The van der Waals surface area contributed by atoms with Crippen LogP contribution in [0.3, 0.4) is 0 Å². The van der Waals surface area contributed by atoms with Crippen molar-refractivity contribution in [3.8, 4) is 0 Å². The van der Waals surface area contributed by atoms with Crippen molar-refractivity contribution in [2.24, 2.45) is 0 Å². The smallest absolute Gasteiger partial charge is 0.313 e. The number of carboxylic acids is 1. The zero-order chi connectivity index (χ0) is 10.9. The van der Waals surface area contributed by atoms with E-state index in [9.17, 15) is 13.6 Å². The highest BCUT2D eigenvalue weighted by molar-refractivity contribution is 5.74. The van der Waals surface area contributed by atoms with Gasteiger partial charge in [-0.25, -0.2) is 13.8 Å². The average molecular weight is 204 g/mol. The summed E-state index contributed by atoms with van der Waals surface area (Å²) >= 11 is 0. The van der Waals surface area contributed by atoms with Crippen LogP contribution in [0.15, 0.2) is 0 Å². The lowest BCUT2D eigenvalue weighted by atomic mass is 10.2. The minimum absolute atomic E-state index is 0.0605. The molecule has 6 heteroatoms. The highest BCUT2D eigenvalue weighted by Gasteiger charge is 2.22. The van der Waals surface area contributed by atoms with Crippen molar-refractivity contribution >= 4 is 5.97 Å². The highest BCUT2D eigenvalue weighted by atomic mass is 19.3. The van der Waals surface area contributed by atoms with E-state index in [1.54, 1.807) is 0 Å². The second kappa shape index (κ2) is 3.73. The second-order valence-electron chi connectivity index (χ2n) is 2.99. The van der Waals surface area contributed by atoms with E-state index in [2.05, 4.69) is 9.97 Å². The van der Waals surface area contributed by atoms with Gasteiger partial charge < -0.3 is 10.1 Å². The summed E-state index contributed by atoms with van der Waals surface area (Å²) in [6.45, 7) is 2.82. The summed E-state index contributed by atoms with van der Waals surface area (Å²) in [5.74, 6) is -1.94. The Bertz CT molecular complexity index is 349. The van der Waals surface area contributed by atoms with Crippen molar-refractivity contribution in [1.82, 2.24) is 9.97 Å². The molecule has 1 heterocycles. The van der Waals surface area contributed by atoms with Crippen molar-refractivity contribution in [2.45, 2.75) is 26.2 Å². The molecule has 1 rings (SSSR count). The van der Waals surface area contributed by atoms with E-state index < -0.39 is 18.3 Å². The number of imidazole rings is 1. The first kappa shape index (κ1) is 10.6. The van der Waals surface area contributed by atoms with E-state index in [1.165, 1.54) is 13.8 Å². The molecule has 1 aromatic rings. The third kappa shape index (κ3) is 1.89. The number of alkyl halides is 2. The zero-order valence-corrected chi connectivity index (χ0v) is 7.71. The predicted octanol–water partition coefficient (Wildman–Crippen LogP) is 1.84. The van der Waals surface area contributed by atoms with Crippen LogP contribution < -0.4 is 0 Å². The normalized spacial score (nSPS) is 13.2. The Morgan fingerprint density at radius 1 is 1.57 bits per heavy atom. The first-order valence-electron chi connectivity index (χ1n) is 4.00. The van der Waals surface area contributed by atoms with Crippen molar-refractivity contribution in [1.29, 1.82) is 0 Å². The fraction of sp³-hybridized carbons (Fsp3) is 0.500. The molecule has 0 aliphatic heterocycles. The molecule has 0 spiro atoms. The maximum Gasteiger partial charge on any atom is 0.313 e. The summed E-state index contributed by atoms with van der Waals surface area (Å²) in [5.41, 5.74) is -0.170. The van der Waals surface area contributed by atoms with Gasteiger partial charge in [-0.15, -0.1) is 0 Å². The molecule has 4 nitrogen and oxygen atoms in total. The number of hydrogen-bond donors (Lipinski definition) is 2. The topological polar surface area (TPSA) is 66.0 Å². The molecule has 0 fully saturated rings. The van der Waals surface area contributed by atoms with Crippen molar-refractivity contribution in [3.05, 3.63) is 17.2 Å². The lowest BCUT2D eigenvalue weighted by Crippen LogP contribution is -2.09. The number of halogens is 2. The number of H-pyrrole nitrogens is 1. The highest BCUT2D eigenvalue weighted by Crippen LogP contribution is 2.22. The molecule has 1 atom stereocenters. The summed E-state index contributed by atoms with van der Waals surface area (Å²) in [6.07, 6.45) is -2.68. The van der Waals surface area contributed by atoms with Crippen LogP contribution >= 0.6 is 0 Å². The van der Waals surface area contributed by atoms with Gasteiger partial charge >= 0.3 is 5.97 Å². The Morgan fingerprint density at radius 3 is 2.50 bits per heavy atom. The van der Waals surface area contributed by atoms with Crippen LogP contribution in [-0.4, -0.2) is 21.0 Å². The van der Waals surface area contributed by atoms with Gasteiger partial charge in [-0.3, -0.25) is 4.79 Å². The Balaban J connectivity index is 3.02. The Labute approximate surface area is 79.0 Å². The molecule has 78 valence electrons. The Kier molecular flexibility index (Phi) is 2.83. The molecule has 0 aromatic carbocycles. The molecule has 2 N–H and O–H groups in total. The van der Waals surface area contributed by atoms with Gasteiger partial charge in [0.15, 0.2) is 0 Å². The van der Waals surface area contributed by atoms with Crippen molar-refractivity contribution in [3.63, 3.8) is 0 Å². The maximum absolute atomic E-state index is 12.3. The first-order valence-corrected chi connectivity index (χ1v) is 4.00. The molecule has 0 amide bonds. The minimum Gasteiger partial charge on any atom is -0.481 e. The molecule has 0 radical (unpaired) electrons. The molecule has 1 aromatic heterocycles. The number of aryl methyl sites for hydroxylation is 1. The number of carbonyl (C=O) groups is 1. The number of aromatic amines is 1. The number of nitrogens with one attached hydrogen (secondary N) is 1. The molecule has 14 heavy (non-hydrogen) atoms. The summed E-state index contributed by atoms with van der Waals surface area (Å²) in [6, 6.07) is 0. The standard InChI is InChI=1S/C8H10F2N2O2/c1-3(8(13)14)7-11-4(2)5(12-7)6(9)10/h3,6H,1-2H3,(H,11,12)(H,13,14). The SMILES string of the molecule is Cc1[nH]c(C(C)C(=O)O)nc1C(F)F. The largest absolute Gasteiger partial charge is 0.481 e. The maximum atomic E-state index is 12.3. The number of nitrogens with zero attached hydrogens (tertiary/aromatic N) is 1. The molecule has 0 aliphatic carbocycles. The van der Waals surface area contributed by atoms with E-state index in [0.29, 0.717) is 0 Å². The zero-order valence-electron chi connectivity index (χ0n) is 7.71. The molecule has 0 aliphatic rings. The van der Waals surface area contributed by atoms with Crippen LogP contribution in [-0.2, 0) is 4.79 Å². The van der Waals surface area contributed by atoms with Gasteiger partial charge in [-0.05, 0) is 13.8 Å². The van der Waals surface area contributed by atoms with Gasteiger partial charge in [0.25, 0.3) is 6.43 Å². The monoisotopic (exact) mass is 204 g/mol. The average Bonchev–Trinajstić information content (AvgIpc) is 2.45. The minimum atomic E-state index is -2.68. The molecule has 1 unspecified atom stereocenters. The summed E-state index contributed by atoms with van der Waals surface area (Å²) < 4.78 is 24.6. The Hall–Kier alpha value is -1.46. The third-order valence-electron chi connectivity index (χ3n) is 1.93. The fourth-order valence-electron chi connectivity index (χ4n) is 1.03. The third-order valence-corrected chi connectivity index (χ3v) is 1.93. The number of aliphatic carboxylic acids is 1. The van der Waals surface area contributed by atoms with Crippen molar-refractivity contribution < 1.29 is 18.7 Å². The number of aromatic nitrogens is 2. The van der Waals surface area contributed by atoms with Gasteiger partial charge in [-0.2, -0.15) is 0 Å². The van der Waals surface area contributed by atoms with Crippen LogP contribution in [0, 0.1) is 6.92 Å². The van der Waals surface area contributed by atoms with Crippen LogP contribution in [0.2, 0.25) is 0 Å². The molecular formula is C8H10F2N2O2. The summed E-state index contributed by atoms with van der Waals surface area (Å²) in [4.78, 5) is 16.6. The van der Waals surface area contributed by atoms with E-state index in [-0.39, 0.29) is 17.2 Å². The molecule has 0 bridgehead atoms. The van der Waals surface area contributed by atoms with Gasteiger partial charge in [0.1, 0.15) is 17.4 Å². The summed E-state index contributed by atoms with van der Waals surface area (Å²) in [7, 11) is 0. The van der Waals surface area contributed by atoms with Gasteiger partial charge in [0.05, 0.1) is 0 Å². The lowest BCUT2D eigenvalue weighted by molar-refractivity contribution is -0.138. The van der Waals surface area contributed by atoms with Crippen LogP contribution in [0.1, 0.15) is 36.5 Å². The van der Waals surface area contributed by atoms with E-state index in [1.807, 2.05) is 0 Å². The number of hydrogen-bond acceptors (Lipinski definition) is 2. The lowest BCUT2D eigenvalue weighted by Gasteiger charge is -1.99. The van der Waals surface area contributed by atoms with Crippen LogP contribution in [0.4, 0.5) is 8.78 Å². The summed E-state index contributed by atoms with van der Waals surface area (Å²) in [5, 5.41) is 8.63. The van der Waals surface area contributed by atoms with Gasteiger partial charge in [0.2, 0.25) is 0 Å². The predicted molar refractivity (Wildman–Crippen MR) is 44.3 cm³/mol. The number of rotatable bonds is 3. The second-order valence-corrected chi connectivity index (χ2v) is 2.99. The van der Waals surface area contributed by atoms with E-state index in [0.717, 1.165) is 0 Å². The Morgan fingerprint density at radius 2 is 2.14 bits per heavy atom. The fourth-order valence-corrected chi connectivity index (χ4v) is 1.03. The van der Waals surface area contributed by atoms with Gasteiger partial charge in [0, 0.05) is 5.69 Å². The first-order chi connectivity index (χ1) is 6.43.